The number of aromatic nitrogens is 1. The topological polar surface area (TPSA) is 136 Å². The Morgan fingerprint density at radius 3 is 2.70 bits per heavy atom. The van der Waals surface area contributed by atoms with Gasteiger partial charge in [-0.1, -0.05) is 30.3 Å². The van der Waals surface area contributed by atoms with Gasteiger partial charge in [-0.15, -0.1) is 0 Å². The van der Waals surface area contributed by atoms with Crippen LogP contribution in [-0.4, -0.2) is 37.8 Å². The summed E-state index contributed by atoms with van der Waals surface area (Å²) in [4.78, 5) is 28.6. The van der Waals surface area contributed by atoms with Crippen LogP contribution in [0, 0.1) is 6.92 Å². The standard InChI is InChI=1S/C22H24ClN5O4S/c1-13-7-8-19(27-33(31,32)11-16-5-4-6-17(23)9-16)22(30)28(13)20-18(10-25-12-29)14(2)15(3)26-21(20)24/h4-9,12,15,27H,2,10-11H2,1,3H3,(H2,24,26)(H,25,29). The zero-order valence-corrected chi connectivity index (χ0v) is 19.7. The van der Waals surface area contributed by atoms with Gasteiger partial charge in [0.15, 0.2) is 0 Å². The van der Waals surface area contributed by atoms with Gasteiger partial charge in [0.05, 0.1) is 17.5 Å². The molecule has 33 heavy (non-hydrogen) atoms. The molecule has 1 atom stereocenters. The van der Waals surface area contributed by atoms with Gasteiger partial charge in [0.2, 0.25) is 16.4 Å². The van der Waals surface area contributed by atoms with Crippen LogP contribution < -0.4 is 21.3 Å². The molecule has 2 aromatic rings. The maximum atomic E-state index is 13.4. The van der Waals surface area contributed by atoms with Crippen molar-refractivity contribution in [2.24, 2.45) is 10.7 Å². The van der Waals surface area contributed by atoms with Crippen LogP contribution in [-0.2, 0) is 20.6 Å². The summed E-state index contributed by atoms with van der Waals surface area (Å²) in [5, 5.41) is 2.97. The Bertz CT molecular complexity index is 1340. The van der Waals surface area contributed by atoms with Crippen LogP contribution in [0.5, 0.6) is 0 Å². The number of carbonyl (C=O) groups is 1. The lowest BCUT2D eigenvalue weighted by molar-refractivity contribution is -0.109. The number of nitrogens with zero attached hydrogens (tertiary/aromatic N) is 2. The van der Waals surface area contributed by atoms with E-state index in [2.05, 4.69) is 21.6 Å². The second-order valence-electron chi connectivity index (χ2n) is 7.56. The van der Waals surface area contributed by atoms with E-state index in [1.807, 2.05) is 0 Å². The predicted octanol–water partition coefficient (Wildman–Crippen LogP) is 2.02. The molecule has 11 heteroatoms. The molecule has 0 fully saturated rings. The van der Waals surface area contributed by atoms with Crippen molar-refractivity contribution in [3.8, 4) is 0 Å². The van der Waals surface area contributed by atoms with Crippen LogP contribution in [0.4, 0.5) is 5.69 Å². The summed E-state index contributed by atoms with van der Waals surface area (Å²) < 4.78 is 29.1. The van der Waals surface area contributed by atoms with Gasteiger partial charge in [-0.05, 0) is 49.2 Å². The molecule has 0 saturated carbocycles. The maximum absolute atomic E-state index is 13.4. The van der Waals surface area contributed by atoms with Gasteiger partial charge in [-0.3, -0.25) is 23.9 Å². The second-order valence-corrected chi connectivity index (χ2v) is 9.72. The van der Waals surface area contributed by atoms with Crippen molar-refractivity contribution in [2.75, 3.05) is 11.3 Å². The minimum absolute atomic E-state index is 0.0782. The number of amidine groups is 1. The summed E-state index contributed by atoms with van der Waals surface area (Å²) in [5.74, 6) is -0.280. The average molecular weight is 490 g/mol. The Morgan fingerprint density at radius 2 is 2.03 bits per heavy atom. The second kappa shape index (κ2) is 9.63. The molecule has 4 N–H and O–H groups in total. The zero-order chi connectivity index (χ0) is 24.3. The third kappa shape index (κ3) is 5.35. The van der Waals surface area contributed by atoms with E-state index in [0.717, 1.165) is 0 Å². The lowest BCUT2D eigenvalue weighted by Gasteiger charge is -2.27. The Morgan fingerprint density at radius 1 is 1.30 bits per heavy atom. The summed E-state index contributed by atoms with van der Waals surface area (Å²) >= 11 is 5.94. The molecule has 0 aliphatic carbocycles. The third-order valence-corrected chi connectivity index (χ3v) is 6.61. The van der Waals surface area contributed by atoms with Crippen LogP contribution in [0.3, 0.4) is 0 Å². The molecule has 1 aromatic heterocycles. The number of aliphatic imine (C=N–C) groups is 1. The van der Waals surface area contributed by atoms with E-state index < -0.39 is 15.6 Å². The first-order valence-electron chi connectivity index (χ1n) is 9.95. The first-order chi connectivity index (χ1) is 15.5. The Hall–Kier alpha value is -3.37. The molecule has 0 spiro atoms. The number of dihydropyridines is 1. The minimum atomic E-state index is -3.92. The van der Waals surface area contributed by atoms with E-state index in [1.165, 1.54) is 16.7 Å². The zero-order valence-electron chi connectivity index (χ0n) is 18.1. The first-order valence-corrected chi connectivity index (χ1v) is 12.0. The number of carbonyl (C=O) groups excluding carboxylic acids is 1. The van der Waals surface area contributed by atoms with Crippen LogP contribution >= 0.6 is 11.6 Å². The lowest BCUT2D eigenvalue weighted by atomic mass is 9.95. The van der Waals surface area contributed by atoms with Gasteiger partial charge in [-0.25, -0.2) is 8.42 Å². The number of nitrogens with two attached hydrogens (primary N) is 1. The van der Waals surface area contributed by atoms with Crippen molar-refractivity contribution < 1.29 is 13.2 Å². The van der Waals surface area contributed by atoms with Gasteiger partial charge in [0.1, 0.15) is 11.5 Å². The number of halogens is 1. The number of sulfonamides is 1. The van der Waals surface area contributed by atoms with Gasteiger partial charge < -0.3 is 11.1 Å². The van der Waals surface area contributed by atoms with E-state index >= 15 is 0 Å². The fourth-order valence-corrected chi connectivity index (χ4v) is 4.93. The Balaban J connectivity index is 2.07. The summed E-state index contributed by atoms with van der Waals surface area (Å²) in [7, 11) is -3.92. The molecular weight excluding hydrogens is 466 g/mol. The average Bonchev–Trinajstić information content (AvgIpc) is 2.73. The van der Waals surface area contributed by atoms with Crippen molar-refractivity contribution >= 4 is 45.3 Å². The van der Waals surface area contributed by atoms with E-state index in [-0.39, 0.29) is 35.6 Å². The van der Waals surface area contributed by atoms with Crippen molar-refractivity contribution in [1.29, 1.82) is 0 Å². The van der Waals surface area contributed by atoms with Crippen molar-refractivity contribution in [3.63, 3.8) is 0 Å². The number of pyridine rings is 1. The number of anilines is 1. The highest BCUT2D eigenvalue weighted by Crippen LogP contribution is 2.27. The third-order valence-electron chi connectivity index (χ3n) is 5.13. The fraction of sp³-hybridized carbons (Fsp3) is 0.227. The molecule has 0 radical (unpaired) electrons. The SMILES string of the molecule is C=C1C(CNC=O)=C(n2c(C)ccc(NS(=O)(=O)Cc3cccc(Cl)c3)c2=O)C(N)=NC1C. The van der Waals surface area contributed by atoms with Crippen molar-refractivity contribution in [2.45, 2.75) is 25.6 Å². The number of aryl methyl sites for hydroxylation is 1. The van der Waals surface area contributed by atoms with E-state index in [1.54, 1.807) is 38.1 Å². The Kier molecular flexibility index (Phi) is 7.09. The molecule has 1 aliphatic heterocycles. The van der Waals surface area contributed by atoms with Crippen molar-refractivity contribution in [1.82, 2.24) is 9.88 Å². The highest BCUT2D eigenvalue weighted by atomic mass is 35.5. The molecule has 174 valence electrons. The van der Waals surface area contributed by atoms with Crippen LogP contribution in [0.15, 0.2) is 63.9 Å². The van der Waals surface area contributed by atoms with E-state index in [9.17, 15) is 18.0 Å². The number of benzene rings is 1. The monoisotopic (exact) mass is 489 g/mol. The predicted molar refractivity (Wildman–Crippen MR) is 131 cm³/mol. The first kappa shape index (κ1) is 24.3. The van der Waals surface area contributed by atoms with Crippen LogP contribution in [0.25, 0.3) is 5.70 Å². The van der Waals surface area contributed by atoms with Crippen molar-refractivity contribution in [3.05, 3.63) is 80.8 Å². The molecule has 0 saturated heterocycles. The normalized spacial score (nSPS) is 16.4. The van der Waals surface area contributed by atoms with Gasteiger partial charge >= 0.3 is 0 Å². The molecule has 1 aromatic carbocycles. The summed E-state index contributed by atoms with van der Waals surface area (Å²) in [5.41, 5.74) is 7.74. The number of rotatable bonds is 8. The smallest absolute Gasteiger partial charge is 0.279 e. The number of hydrogen-bond acceptors (Lipinski definition) is 6. The van der Waals surface area contributed by atoms with E-state index in [0.29, 0.717) is 33.8 Å². The molecule has 0 bridgehead atoms. The molecule has 1 aliphatic rings. The van der Waals surface area contributed by atoms with Gasteiger partial charge in [0, 0.05) is 22.8 Å². The molecule has 3 rings (SSSR count). The van der Waals surface area contributed by atoms with Crippen LogP contribution in [0.1, 0.15) is 18.2 Å². The summed E-state index contributed by atoms with van der Waals surface area (Å²) in [6, 6.07) is 9.09. The molecular formula is C22H24ClN5O4S. The largest absolute Gasteiger partial charge is 0.382 e. The fourth-order valence-electron chi connectivity index (χ4n) is 3.53. The molecule has 1 unspecified atom stereocenters. The van der Waals surface area contributed by atoms with E-state index in [4.69, 9.17) is 17.3 Å². The highest BCUT2D eigenvalue weighted by molar-refractivity contribution is 7.91. The van der Waals surface area contributed by atoms with Gasteiger partial charge in [0.25, 0.3) is 5.56 Å². The number of hydrogen-bond donors (Lipinski definition) is 3. The molecule has 2 heterocycles. The summed E-state index contributed by atoms with van der Waals surface area (Å²) in [6.07, 6.45) is 0.528. The molecule has 1 amide bonds. The molecule has 9 nitrogen and oxygen atoms in total. The highest BCUT2D eigenvalue weighted by Gasteiger charge is 2.27. The number of nitrogens with one attached hydrogen (secondary N) is 2. The number of amides is 1. The maximum Gasteiger partial charge on any atom is 0.279 e. The minimum Gasteiger partial charge on any atom is -0.382 e. The lowest BCUT2D eigenvalue weighted by Crippen LogP contribution is -2.37. The quantitative estimate of drug-likeness (QED) is 0.487. The van der Waals surface area contributed by atoms with Gasteiger partial charge in [-0.2, -0.15) is 0 Å². The summed E-state index contributed by atoms with van der Waals surface area (Å²) in [6.45, 7) is 7.57. The Labute approximate surface area is 196 Å². The van der Waals surface area contributed by atoms with Crippen LogP contribution in [0.2, 0.25) is 5.02 Å².